The topological polar surface area (TPSA) is 0 Å². The van der Waals surface area contributed by atoms with Gasteiger partial charge < -0.3 is 0 Å². The molecule has 0 saturated heterocycles. The van der Waals surface area contributed by atoms with E-state index in [0.29, 0.717) is 0 Å². The summed E-state index contributed by atoms with van der Waals surface area (Å²) in [7, 11) is 0. The van der Waals surface area contributed by atoms with Crippen molar-refractivity contribution in [2.45, 2.75) is 22.5 Å². The fraction of sp³-hybridized carbons (Fsp3) is 1.00. The van der Waals surface area contributed by atoms with Crippen LogP contribution in [0.4, 0.5) is 0 Å². The van der Waals surface area contributed by atoms with E-state index in [-0.39, 0.29) is 0 Å². The van der Waals surface area contributed by atoms with Crippen molar-refractivity contribution >= 4 is 0 Å². The molecule has 0 bridgehead atoms. The Balaban J connectivity index is 2.63. The van der Waals surface area contributed by atoms with Crippen LogP contribution >= 0.6 is 0 Å². The second-order valence-electron chi connectivity index (χ2n) is 1.86. The first-order chi connectivity index (χ1) is 2.77. The summed E-state index contributed by atoms with van der Waals surface area (Å²) < 4.78 is 1.36. The Labute approximate surface area is 65.6 Å². The maximum absolute atomic E-state index is 2.26. The van der Waals surface area contributed by atoms with E-state index in [2.05, 4.69) is 51.8 Å². The van der Waals surface area contributed by atoms with E-state index in [0.717, 1.165) is 5.92 Å². The fourth-order valence-corrected chi connectivity index (χ4v) is 1.51. The van der Waals surface area contributed by atoms with Crippen LogP contribution in [0.1, 0.15) is 20.3 Å². The third kappa shape index (κ3) is 5.32. The zero-order valence-corrected chi connectivity index (χ0v) is 6.61. The van der Waals surface area contributed by atoms with Gasteiger partial charge in [-0.15, -0.1) is 0 Å². The zero-order chi connectivity index (χ0) is 4.99. The Morgan fingerprint density at radius 1 is 1.50 bits per heavy atom. The van der Waals surface area contributed by atoms with Gasteiger partial charge in [-0.05, 0) is 0 Å². The standard InChI is InChI=1S/C5H11.Gd/c1-4-5(2)3;/h5H,1,4H2,2-3H3;. The maximum atomic E-state index is 2.26. The second kappa shape index (κ2) is 4.48. The van der Waals surface area contributed by atoms with Crippen molar-refractivity contribution in [3.8, 4) is 0 Å². The Morgan fingerprint density at radius 2 is 2.00 bits per heavy atom. The first-order valence-electron chi connectivity index (χ1n) is 2.31. The molecule has 0 spiro atoms. The van der Waals surface area contributed by atoms with Crippen LogP contribution in [0.5, 0.6) is 0 Å². The number of hydrogen-bond donors (Lipinski definition) is 0. The molecule has 0 aromatic heterocycles. The molecule has 0 radical (unpaired) electrons. The summed E-state index contributed by atoms with van der Waals surface area (Å²) in [6.07, 6.45) is 1.39. The van der Waals surface area contributed by atoms with E-state index in [1.165, 1.54) is 8.62 Å². The molecule has 0 aromatic rings. The van der Waals surface area contributed by atoms with Crippen LogP contribution in [0.25, 0.3) is 0 Å². The summed E-state index contributed by atoms with van der Waals surface area (Å²) in [4.78, 5) is 0. The molecule has 0 aromatic carbocycles. The third-order valence-corrected chi connectivity index (χ3v) is 1.33. The summed E-state index contributed by atoms with van der Waals surface area (Å²) in [5.74, 6) is 0.905. The van der Waals surface area contributed by atoms with Crippen molar-refractivity contribution in [2.24, 2.45) is 5.92 Å². The molecule has 0 aliphatic heterocycles. The normalized spacial score (nSPS) is 10.0. The van der Waals surface area contributed by atoms with Crippen molar-refractivity contribution in [3.63, 3.8) is 0 Å². The molecule has 0 nitrogen and oxygen atoms in total. The molecule has 0 heterocycles. The van der Waals surface area contributed by atoms with Gasteiger partial charge >= 0.3 is 66.3 Å². The van der Waals surface area contributed by atoms with E-state index in [4.69, 9.17) is 0 Å². The van der Waals surface area contributed by atoms with Crippen LogP contribution in [-0.4, -0.2) is 0 Å². The molecule has 0 fully saturated rings. The molecule has 0 N–H and O–H groups in total. The molecule has 6 heavy (non-hydrogen) atoms. The van der Waals surface area contributed by atoms with Gasteiger partial charge in [0.15, 0.2) is 0 Å². The summed E-state index contributed by atoms with van der Waals surface area (Å²) in [5, 5.41) is 0. The van der Waals surface area contributed by atoms with Gasteiger partial charge in [-0.25, -0.2) is 0 Å². The van der Waals surface area contributed by atoms with Gasteiger partial charge in [0.25, 0.3) is 0 Å². The molecule has 0 unspecified atom stereocenters. The van der Waals surface area contributed by atoms with Crippen molar-refractivity contribution in [1.29, 1.82) is 0 Å². The summed E-state index contributed by atoms with van der Waals surface area (Å²) in [6, 6.07) is 0. The van der Waals surface area contributed by atoms with E-state index >= 15 is 0 Å². The van der Waals surface area contributed by atoms with Gasteiger partial charge in [0, 0.05) is 0 Å². The zero-order valence-electron chi connectivity index (χ0n) is 4.35. The van der Waals surface area contributed by atoms with Crippen LogP contribution in [0.2, 0.25) is 2.20 Å². The SMILES string of the molecule is CC(C)C[CH2][Gd]. The summed E-state index contributed by atoms with van der Waals surface area (Å²) in [5.41, 5.74) is 0. The first-order valence-corrected chi connectivity index (χ1v) is 3.92. The quantitative estimate of drug-likeness (QED) is 0.678. The monoisotopic (exact) mass is 229 g/mol. The molecule has 0 aliphatic carbocycles. The number of hydrogen-bond acceptors (Lipinski definition) is 0. The molecule has 0 atom stereocenters. The average molecular weight is 228 g/mol. The Morgan fingerprint density at radius 3 is 2.00 bits per heavy atom. The molecule has 1 heteroatoms. The van der Waals surface area contributed by atoms with Crippen molar-refractivity contribution in [3.05, 3.63) is 0 Å². The minimum atomic E-state index is 0.905. The van der Waals surface area contributed by atoms with E-state index in [9.17, 15) is 0 Å². The Bertz CT molecular complexity index is 25.1. The van der Waals surface area contributed by atoms with Crippen molar-refractivity contribution in [2.75, 3.05) is 0 Å². The molecular formula is C5H11Gd. The predicted molar refractivity (Wildman–Crippen MR) is 24.3 cm³/mol. The van der Waals surface area contributed by atoms with Gasteiger partial charge in [0.2, 0.25) is 0 Å². The predicted octanol–water partition coefficient (Wildman–Crippen LogP) is 2.00. The molecule has 39 valence electrons. The van der Waals surface area contributed by atoms with Crippen LogP contribution in [-0.2, 0) is 0 Å². The average Bonchev–Trinajstić information content (AvgIpc) is 1.35. The minimum absolute atomic E-state index is 0.905. The van der Waals surface area contributed by atoms with Gasteiger partial charge in [-0.1, -0.05) is 0 Å². The van der Waals surface area contributed by atoms with Crippen LogP contribution in [0.3, 0.4) is 0 Å². The summed E-state index contributed by atoms with van der Waals surface area (Å²) in [6.45, 7) is 4.52. The van der Waals surface area contributed by atoms with Gasteiger partial charge in [-0.2, -0.15) is 0 Å². The fourth-order valence-electron chi connectivity index (χ4n) is 0.204. The van der Waals surface area contributed by atoms with Gasteiger partial charge in [0.05, 0.1) is 0 Å². The van der Waals surface area contributed by atoms with Gasteiger partial charge in [0.1, 0.15) is 0 Å². The second-order valence-corrected chi connectivity index (χ2v) is 2.99. The van der Waals surface area contributed by atoms with Crippen molar-refractivity contribution in [1.82, 2.24) is 0 Å². The van der Waals surface area contributed by atoms with Crippen molar-refractivity contribution < 1.29 is 37.9 Å². The van der Waals surface area contributed by atoms with E-state index in [1.807, 2.05) is 0 Å². The van der Waals surface area contributed by atoms with E-state index in [1.54, 1.807) is 0 Å². The third-order valence-electron chi connectivity index (χ3n) is 0.679. The molecule has 0 rings (SSSR count). The molecular weight excluding hydrogens is 217 g/mol. The van der Waals surface area contributed by atoms with Crippen LogP contribution in [0.15, 0.2) is 0 Å². The van der Waals surface area contributed by atoms with Crippen LogP contribution in [0, 0.1) is 43.8 Å². The Kier molecular flexibility index (Phi) is 5.47. The van der Waals surface area contributed by atoms with E-state index < -0.39 is 0 Å². The number of rotatable bonds is 2. The molecule has 0 saturated carbocycles. The Hall–Kier alpha value is 1.32. The van der Waals surface area contributed by atoms with Crippen LogP contribution < -0.4 is 0 Å². The first kappa shape index (κ1) is 7.32. The molecule has 0 amide bonds. The van der Waals surface area contributed by atoms with Gasteiger partial charge in [-0.3, -0.25) is 0 Å². The summed E-state index contributed by atoms with van der Waals surface area (Å²) >= 11 is 2.06. The molecule has 0 aliphatic rings.